The summed E-state index contributed by atoms with van der Waals surface area (Å²) in [6.45, 7) is 3.17. The molecule has 6 nitrogen and oxygen atoms in total. The molecule has 1 atom stereocenters. The largest absolute Gasteiger partial charge is 0.393 e. The van der Waals surface area contributed by atoms with Gasteiger partial charge in [-0.15, -0.1) is 0 Å². The Labute approximate surface area is 154 Å². The van der Waals surface area contributed by atoms with Crippen LogP contribution in [0.2, 0.25) is 0 Å². The Hall–Kier alpha value is -1.95. The molecule has 0 bridgehead atoms. The highest BCUT2D eigenvalue weighted by molar-refractivity contribution is 5.77. The van der Waals surface area contributed by atoms with Gasteiger partial charge in [-0.25, -0.2) is 9.97 Å². The molecule has 0 spiro atoms. The van der Waals surface area contributed by atoms with Crippen molar-refractivity contribution in [3.05, 3.63) is 29.7 Å². The number of carbonyl (C=O) groups excluding carboxylic acids is 1. The molecule has 1 fully saturated rings. The van der Waals surface area contributed by atoms with Crippen LogP contribution in [0.25, 0.3) is 0 Å². The summed E-state index contributed by atoms with van der Waals surface area (Å²) >= 11 is 0. The summed E-state index contributed by atoms with van der Waals surface area (Å²) in [4.78, 5) is 26.0. The number of amides is 1. The SMILES string of the molecule is O=C(C[C@H]1C=CCC1)N1CCc2ncnc(N3CCC(O)CC3)c2CC1. The van der Waals surface area contributed by atoms with Gasteiger partial charge in [0.15, 0.2) is 0 Å². The van der Waals surface area contributed by atoms with E-state index in [0.29, 0.717) is 12.3 Å². The number of fused-ring (bicyclic) bond motifs is 1. The summed E-state index contributed by atoms with van der Waals surface area (Å²) in [6, 6.07) is 0. The first kappa shape index (κ1) is 17.5. The van der Waals surface area contributed by atoms with Crippen LogP contribution >= 0.6 is 0 Å². The summed E-state index contributed by atoms with van der Waals surface area (Å²) in [5.74, 6) is 1.70. The van der Waals surface area contributed by atoms with Gasteiger partial charge in [-0.3, -0.25) is 4.79 Å². The molecule has 1 aromatic heterocycles. The van der Waals surface area contributed by atoms with Crippen molar-refractivity contribution >= 4 is 11.7 Å². The Morgan fingerprint density at radius 1 is 1.12 bits per heavy atom. The van der Waals surface area contributed by atoms with Crippen LogP contribution in [-0.4, -0.2) is 58.2 Å². The normalized spacial score (nSPS) is 23.8. The van der Waals surface area contributed by atoms with Gasteiger partial charge in [0.05, 0.1) is 11.8 Å². The average molecular weight is 356 g/mol. The number of nitrogens with zero attached hydrogens (tertiary/aromatic N) is 4. The minimum absolute atomic E-state index is 0.190. The molecule has 2 aliphatic heterocycles. The first-order chi connectivity index (χ1) is 12.7. The van der Waals surface area contributed by atoms with Crippen LogP contribution < -0.4 is 4.90 Å². The third-order valence-corrected chi connectivity index (χ3v) is 5.93. The van der Waals surface area contributed by atoms with Crippen LogP contribution in [0, 0.1) is 5.92 Å². The maximum Gasteiger partial charge on any atom is 0.223 e. The molecule has 140 valence electrons. The lowest BCUT2D eigenvalue weighted by Crippen LogP contribution is -2.37. The van der Waals surface area contributed by atoms with E-state index in [1.54, 1.807) is 6.33 Å². The quantitative estimate of drug-likeness (QED) is 0.835. The van der Waals surface area contributed by atoms with Crippen molar-refractivity contribution in [3.8, 4) is 0 Å². The highest BCUT2D eigenvalue weighted by Gasteiger charge is 2.26. The van der Waals surface area contributed by atoms with Crippen molar-refractivity contribution in [1.82, 2.24) is 14.9 Å². The molecule has 26 heavy (non-hydrogen) atoms. The first-order valence-corrected chi connectivity index (χ1v) is 9.91. The fourth-order valence-corrected chi connectivity index (χ4v) is 4.33. The van der Waals surface area contributed by atoms with Gasteiger partial charge in [0.25, 0.3) is 0 Å². The summed E-state index contributed by atoms with van der Waals surface area (Å²) < 4.78 is 0. The van der Waals surface area contributed by atoms with E-state index in [0.717, 1.165) is 76.2 Å². The van der Waals surface area contributed by atoms with Crippen molar-refractivity contribution in [2.75, 3.05) is 31.1 Å². The third kappa shape index (κ3) is 3.75. The maximum absolute atomic E-state index is 12.7. The fourth-order valence-electron chi connectivity index (χ4n) is 4.33. The van der Waals surface area contributed by atoms with E-state index in [-0.39, 0.29) is 12.0 Å². The third-order valence-electron chi connectivity index (χ3n) is 5.93. The van der Waals surface area contributed by atoms with E-state index in [1.165, 1.54) is 5.56 Å². The van der Waals surface area contributed by atoms with Crippen LogP contribution in [0.1, 0.15) is 43.4 Å². The standard InChI is InChI=1S/C20H28N4O2/c25-16-5-9-24(10-6-16)20-17-7-11-23(12-8-18(17)21-14-22-20)19(26)13-15-3-1-2-4-15/h1,3,14-16,25H,2,4-13H2/t15-/m0/s1. The molecule has 3 aliphatic rings. The number of anilines is 1. The smallest absolute Gasteiger partial charge is 0.223 e. The average Bonchev–Trinajstić information content (AvgIpc) is 3.06. The lowest BCUT2D eigenvalue weighted by Gasteiger charge is -2.32. The van der Waals surface area contributed by atoms with Crippen LogP contribution in [0.3, 0.4) is 0 Å². The predicted molar refractivity (Wildman–Crippen MR) is 100.0 cm³/mol. The highest BCUT2D eigenvalue weighted by Crippen LogP contribution is 2.27. The molecule has 6 heteroatoms. The maximum atomic E-state index is 12.7. The molecule has 0 unspecified atom stereocenters. The molecule has 3 heterocycles. The van der Waals surface area contributed by atoms with Gasteiger partial charge < -0.3 is 14.9 Å². The number of aliphatic hydroxyl groups excluding tert-OH is 1. The van der Waals surface area contributed by atoms with Gasteiger partial charge in [0.2, 0.25) is 5.91 Å². The van der Waals surface area contributed by atoms with Crippen LogP contribution in [-0.2, 0) is 17.6 Å². The molecular formula is C20H28N4O2. The zero-order valence-electron chi connectivity index (χ0n) is 15.3. The van der Waals surface area contributed by atoms with E-state index >= 15 is 0 Å². The van der Waals surface area contributed by atoms with Crippen molar-refractivity contribution < 1.29 is 9.90 Å². The lowest BCUT2D eigenvalue weighted by molar-refractivity contribution is -0.131. The Balaban J connectivity index is 1.45. The molecule has 1 amide bonds. The zero-order valence-corrected chi connectivity index (χ0v) is 15.3. The number of hydrogen-bond donors (Lipinski definition) is 1. The highest BCUT2D eigenvalue weighted by atomic mass is 16.3. The molecule has 4 rings (SSSR count). The van der Waals surface area contributed by atoms with Crippen molar-refractivity contribution in [2.24, 2.45) is 5.92 Å². The van der Waals surface area contributed by atoms with E-state index in [1.807, 2.05) is 4.90 Å². The number of piperidine rings is 1. The summed E-state index contributed by atoms with van der Waals surface area (Å²) in [5.41, 5.74) is 2.28. The Morgan fingerprint density at radius 3 is 2.69 bits per heavy atom. The number of hydrogen-bond acceptors (Lipinski definition) is 5. The van der Waals surface area contributed by atoms with Crippen LogP contribution in [0.15, 0.2) is 18.5 Å². The van der Waals surface area contributed by atoms with E-state index in [4.69, 9.17) is 0 Å². The van der Waals surface area contributed by atoms with Gasteiger partial charge in [-0.1, -0.05) is 12.2 Å². The predicted octanol–water partition coefficient (Wildman–Crippen LogP) is 1.72. The molecule has 1 saturated heterocycles. The minimum atomic E-state index is -0.190. The topological polar surface area (TPSA) is 69.6 Å². The second-order valence-electron chi connectivity index (χ2n) is 7.69. The molecule has 0 radical (unpaired) electrons. The van der Waals surface area contributed by atoms with Gasteiger partial charge >= 0.3 is 0 Å². The number of aromatic nitrogens is 2. The first-order valence-electron chi connectivity index (χ1n) is 9.91. The molecule has 1 N–H and O–H groups in total. The Bertz CT molecular complexity index is 682. The van der Waals surface area contributed by atoms with Gasteiger partial charge in [-0.05, 0) is 38.0 Å². The second kappa shape index (κ2) is 7.74. The van der Waals surface area contributed by atoms with Crippen molar-refractivity contribution in [3.63, 3.8) is 0 Å². The Kier molecular flexibility index (Phi) is 5.20. The van der Waals surface area contributed by atoms with Gasteiger partial charge in [-0.2, -0.15) is 0 Å². The lowest BCUT2D eigenvalue weighted by atomic mass is 10.0. The van der Waals surface area contributed by atoms with Gasteiger partial charge in [0.1, 0.15) is 12.1 Å². The van der Waals surface area contributed by atoms with Gasteiger partial charge in [0, 0.05) is 44.6 Å². The number of rotatable bonds is 3. The Morgan fingerprint density at radius 2 is 1.92 bits per heavy atom. The summed E-state index contributed by atoms with van der Waals surface area (Å²) in [5, 5.41) is 9.76. The summed E-state index contributed by atoms with van der Waals surface area (Å²) in [7, 11) is 0. The number of carbonyl (C=O) groups is 1. The molecule has 0 saturated carbocycles. The molecule has 1 aliphatic carbocycles. The van der Waals surface area contributed by atoms with Crippen LogP contribution in [0.5, 0.6) is 0 Å². The van der Waals surface area contributed by atoms with E-state index in [2.05, 4.69) is 27.0 Å². The molecule has 1 aromatic rings. The van der Waals surface area contributed by atoms with Crippen molar-refractivity contribution in [1.29, 1.82) is 0 Å². The van der Waals surface area contributed by atoms with E-state index < -0.39 is 0 Å². The summed E-state index contributed by atoms with van der Waals surface area (Å²) in [6.07, 6.45) is 11.9. The second-order valence-corrected chi connectivity index (χ2v) is 7.69. The minimum Gasteiger partial charge on any atom is -0.393 e. The van der Waals surface area contributed by atoms with Crippen LogP contribution in [0.4, 0.5) is 5.82 Å². The van der Waals surface area contributed by atoms with Crippen molar-refractivity contribution in [2.45, 2.75) is 51.0 Å². The van der Waals surface area contributed by atoms with E-state index in [9.17, 15) is 9.90 Å². The number of aliphatic hydroxyl groups is 1. The zero-order chi connectivity index (χ0) is 17.9. The monoisotopic (exact) mass is 356 g/mol. The molecular weight excluding hydrogens is 328 g/mol. The fraction of sp³-hybridized carbons (Fsp3) is 0.650. The molecule has 0 aromatic carbocycles. The number of allylic oxidation sites excluding steroid dienone is 2.